The Morgan fingerprint density at radius 2 is 1.86 bits per heavy atom. The normalized spacial score (nSPS) is 11.3. The highest BCUT2D eigenvalue weighted by Crippen LogP contribution is 2.16. The maximum absolute atomic E-state index is 12.9. The summed E-state index contributed by atoms with van der Waals surface area (Å²) < 4.78 is 2.02. The van der Waals surface area contributed by atoms with Crippen LogP contribution in [0.15, 0.2) is 24.4 Å². The van der Waals surface area contributed by atoms with Gasteiger partial charge >= 0.3 is 0 Å². The Kier molecular flexibility index (Phi) is 5.55. The van der Waals surface area contributed by atoms with Gasteiger partial charge in [-0.1, -0.05) is 19.9 Å². The van der Waals surface area contributed by atoms with E-state index in [1.165, 1.54) is 0 Å². The first kappa shape index (κ1) is 16.5. The maximum atomic E-state index is 12.9. The second kappa shape index (κ2) is 7.40. The first-order valence-electron chi connectivity index (χ1n) is 7.98. The number of imidazole rings is 1. The predicted molar refractivity (Wildman–Crippen MR) is 89.1 cm³/mol. The minimum Gasteiger partial charge on any atom is -0.337 e. The highest BCUT2D eigenvalue weighted by atomic mass is 16.2. The van der Waals surface area contributed by atoms with E-state index < -0.39 is 0 Å². The van der Waals surface area contributed by atoms with E-state index in [2.05, 4.69) is 23.7 Å². The van der Waals surface area contributed by atoms with E-state index in [0.29, 0.717) is 12.2 Å². The van der Waals surface area contributed by atoms with Crippen LogP contribution in [0.5, 0.6) is 0 Å². The molecule has 0 atom stereocenters. The van der Waals surface area contributed by atoms with Gasteiger partial charge in [-0.25, -0.2) is 4.98 Å². The summed E-state index contributed by atoms with van der Waals surface area (Å²) in [5.41, 5.74) is 2.38. The van der Waals surface area contributed by atoms with Crippen molar-refractivity contribution in [3.63, 3.8) is 0 Å². The molecule has 0 fully saturated rings. The van der Waals surface area contributed by atoms with Crippen molar-refractivity contribution in [2.75, 3.05) is 27.2 Å². The van der Waals surface area contributed by atoms with Crippen molar-refractivity contribution in [2.24, 2.45) is 0 Å². The number of carbonyl (C=O) groups is 1. The van der Waals surface area contributed by atoms with Crippen LogP contribution >= 0.6 is 0 Å². The van der Waals surface area contributed by atoms with Gasteiger partial charge in [0.2, 0.25) is 0 Å². The largest absolute Gasteiger partial charge is 0.337 e. The van der Waals surface area contributed by atoms with E-state index in [1.807, 2.05) is 47.8 Å². The molecule has 2 aromatic heterocycles. The van der Waals surface area contributed by atoms with Crippen LogP contribution in [-0.2, 0) is 6.54 Å². The Balaban J connectivity index is 2.45. The van der Waals surface area contributed by atoms with Crippen LogP contribution < -0.4 is 0 Å². The average Bonchev–Trinajstić information content (AvgIpc) is 2.85. The Bertz CT molecular complexity index is 627. The number of hydrogen-bond donors (Lipinski definition) is 0. The highest BCUT2D eigenvalue weighted by Gasteiger charge is 2.23. The number of rotatable bonds is 7. The average molecular weight is 302 g/mol. The van der Waals surface area contributed by atoms with Crippen molar-refractivity contribution in [1.82, 2.24) is 19.2 Å². The number of amides is 1. The van der Waals surface area contributed by atoms with Crippen LogP contribution in [0.25, 0.3) is 5.65 Å². The van der Waals surface area contributed by atoms with E-state index in [4.69, 9.17) is 0 Å². The zero-order valence-corrected chi connectivity index (χ0v) is 14.0. The molecule has 0 saturated heterocycles. The molecular weight excluding hydrogens is 276 g/mol. The molecular formula is C17H26N4O. The number of fused-ring (bicyclic) bond motifs is 1. The van der Waals surface area contributed by atoms with Crippen LogP contribution in [-0.4, -0.2) is 52.3 Å². The Labute approximate surface area is 132 Å². The first-order valence-corrected chi connectivity index (χ1v) is 7.98. The number of nitrogens with zero attached hydrogens (tertiary/aromatic N) is 4. The molecule has 0 N–H and O–H groups in total. The van der Waals surface area contributed by atoms with Crippen LogP contribution in [0, 0.1) is 0 Å². The van der Waals surface area contributed by atoms with E-state index >= 15 is 0 Å². The molecule has 0 aliphatic rings. The lowest BCUT2D eigenvalue weighted by Gasteiger charge is -2.21. The van der Waals surface area contributed by atoms with Gasteiger partial charge in [0.25, 0.3) is 5.91 Å². The van der Waals surface area contributed by atoms with Gasteiger partial charge in [0.1, 0.15) is 5.65 Å². The molecule has 22 heavy (non-hydrogen) atoms. The van der Waals surface area contributed by atoms with Gasteiger partial charge < -0.3 is 14.2 Å². The van der Waals surface area contributed by atoms with Crippen molar-refractivity contribution in [3.8, 4) is 0 Å². The standard InChI is InChI=1S/C17H26N4O/c1-5-10-20(11-6-2)17(22)16-14(13-19(3)4)21-12-8-7-9-15(21)18-16/h7-9,12H,5-6,10-11,13H2,1-4H3. The quantitative estimate of drug-likeness (QED) is 0.789. The molecule has 120 valence electrons. The lowest BCUT2D eigenvalue weighted by Crippen LogP contribution is -2.33. The molecule has 5 heteroatoms. The third-order valence-corrected chi connectivity index (χ3v) is 3.57. The van der Waals surface area contributed by atoms with E-state index in [0.717, 1.165) is 37.3 Å². The molecule has 2 rings (SSSR count). The summed E-state index contributed by atoms with van der Waals surface area (Å²) in [4.78, 5) is 21.5. The number of carbonyl (C=O) groups excluding carboxylic acids is 1. The number of pyridine rings is 1. The Morgan fingerprint density at radius 1 is 1.18 bits per heavy atom. The summed E-state index contributed by atoms with van der Waals surface area (Å²) >= 11 is 0. The summed E-state index contributed by atoms with van der Waals surface area (Å²) in [6.07, 6.45) is 3.90. The lowest BCUT2D eigenvalue weighted by molar-refractivity contribution is 0.0748. The smallest absolute Gasteiger partial charge is 0.274 e. The van der Waals surface area contributed by atoms with Crippen LogP contribution in [0.2, 0.25) is 0 Å². The van der Waals surface area contributed by atoms with Crippen molar-refractivity contribution in [3.05, 3.63) is 35.8 Å². The van der Waals surface area contributed by atoms with Gasteiger partial charge in [0.05, 0.1) is 5.69 Å². The van der Waals surface area contributed by atoms with Gasteiger partial charge in [-0.2, -0.15) is 0 Å². The minimum atomic E-state index is 0.0456. The van der Waals surface area contributed by atoms with Crippen molar-refractivity contribution >= 4 is 11.6 Å². The molecule has 0 aliphatic carbocycles. The minimum absolute atomic E-state index is 0.0456. The third kappa shape index (κ3) is 3.47. The van der Waals surface area contributed by atoms with E-state index in [9.17, 15) is 4.79 Å². The third-order valence-electron chi connectivity index (χ3n) is 3.57. The maximum Gasteiger partial charge on any atom is 0.274 e. The molecule has 0 aromatic carbocycles. The highest BCUT2D eigenvalue weighted by molar-refractivity contribution is 5.94. The fraction of sp³-hybridized carbons (Fsp3) is 0.529. The molecule has 2 heterocycles. The SMILES string of the molecule is CCCN(CCC)C(=O)c1nc2ccccn2c1CN(C)C. The van der Waals surface area contributed by atoms with Gasteiger partial charge in [0, 0.05) is 25.8 Å². The van der Waals surface area contributed by atoms with Crippen molar-refractivity contribution < 1.29 is 4.79 Å². The summed E-state index contributed by atoms with van der Waals surface area (Å²) in [5, 5.41) is 0. The van der Waals surface area contributed by atoms with Crippen LogP contribution in [0.4, 0.5) is 0 Å². The fourth-order valence-corrected chi connectivity index (χ4v) is 2.67. The number of aromatic nitrogens is 2. The molecule has 0 saturated carbocycles. The van der Waals surface area contributed by atoms with Gasteiger partial charge in [-0.15, -0.1) is 0 Å². The summed E-state index contributed by atoms with van der Waals surface area (Å²) in [6.45, 7) is 6.45. The van der Waals surface area contributed by atoms with E-state index in [1.54, 1.807) is 0 Å². The van der Waals surface area contributed by atoms with Crippen LogP contribution in [0.3, 0.4) is 0 Å². The lowest BCUT2D eigenvalue weighted by atomic mass is 10.2. The van der Waals surface area contributed by atoms with Crippen LogP contribution in [0.1, 0.15) is 42.9 Å². The molecule has 5 nitrogen and oxygen atoms in total. The summed E-state index contributed by atoms with van der Waals surface area (Å²) in [7, 11) is 4.01. The van der Waals surface area contributed by atoms with Gasteiger partial charge in [0.15, 0.2) is 5.69 Å². The summed E-state index contributed by atoms with van der Waals surface area (Å²) in [6, 6.07) is 5.86. The predicted octanol–water partition coefficient (Wildman–Crippen LogP) is 2.66. The second-order valence-electron chi connectivity index (χ2n) is 5.87. The molecule has 0 aliphatic heterocycles. The topological polar surface area (TPSA) is 40.9 Å². The Hall–Kier alpha value is -1.88. The monoisotopic (exact) mass is 302 g/mol. The summed E-state index contributed by atoms with van der Waals surface area (Å²) in [5.74, 6) is 0.0456. The molecule has 0 spiro atoms. The number of hydrogen-bond acceptors (Lipinski definition) is 3. The zero-order valence-electron chi connectivity index (χ0n) is 14.0. The fourth-order valence-electron chi connectivity index (χ4n) is 2.67. The zero-order chi connectivity index (χ0) is 16.1. The van der Waals surface area contributed by atoms with Crippen molar-refractivity contribution in [2.45, 2.75) is 33.2 Å². The molecule has 0 radical (unpaired) electrons. The molecule has 0 bridgehead atoms. The van der Waals surface area contributed by atoms with Crippen molar-refractivity contribution in [1.29, 1.82) is 0 Å². The first-order chi connectivity index (χ1) is 10.6. The van der Waals surface area contributed by atoms with Gasteiger partial charge in [-0.3, -0.25) is 4.79 Å². The van der Waals surface area contributed by atoms with E-state index in [-0.39, 0.29) is 5.91 Å². The molecule has 0 unspecified atom stereocenters. The Morgan fingerprint density at radius 3 is 2.45 bits per heavy atom. The molecule has 2 aromatic rings. The van der Waals surface area contributed by atoms with Gasteiger partial charge in [-0.05, 0) is 39.1 Å². The second-order valence-corrected chi connectivity index (χ2v) is 5.87. The molecule has 1 amide bonds.